The van der Waals surface area contributed by atoms with Gasteiger partial charge >= 0.3 is 5.97 Å². The molecule has 0 bridgehead atoms. The Bertz CT molecular complexity index is 505. The number of carbonyl (C=O) groups is 2. The molecule has 0 aromatic heterocycles. The molecule has 6 nitrogen and oxygen atoms in total. The van der Waals surface area contributed by atoms with Crippen molar-refractivity contribution in [3.63, 3.8) is 0 Å². The highest BCUT2D eigenvalue weighted by Crippen LogP contribution is 2.18. The van der Waals surface area contributed by atoms with E-state index in [1.54, 1.807) is 12.1 Å². The molecule has 0 aliphatic rings. The Morgan fingerprint density at radius 1 is 1.17 bits per heavy atom. The van der Waals surface area contributed by atoms with Crippen molar-refractivity contribution < 1.29 is 14.7 Å². The fraction of sp³-hybridized carbons (Fsp3) is 0.467. The van der Waals surface area contributed by atoms with Crippen LogP contribution in [0.3, 0.4) is 0 Å². The highest BCUT2D eigenvalue weighted by atomic mass is 35.5. The Morgan fingerprint density at radius 2 is 1.74 bits per heavy atom. The first-order valence-corrected chi connectivity index (χ1v) is 8.30. The molecular weight excluding hydrogens is 341 g/mol. The lowest BCUT2D eigenvalue weighted by Crippen LogP contribution is -2.31. The number of anilines is 2. The molecule has 1 amide bonds. The van der Waals surface area contributed by atoms with Gasteiger partial charge in [0, 0.05) is 42.6 Å². The summed E-state index contributed by atoms with van der Waals surface area (Å²) in [5.41, 5.74) is 6.97. The zero-order valence-electron chi connectivity index (χ0n) is 12.7. The van der Waals surface area contributed by atoms with Crippen LogP contribution in [-0.4, -0.2) is 47.9 Å². The maximum absolute atomic E-state index is 11.8. The smallest absolute Gasteiger partial charge is 0.320 e. The summed E-state index contributed by atoms with van der Waals surface area (Å²) in [5.74, 6) is -0.382. The molecule has 1 aromatic carbocycles. The van der Waals surface area contributed by atoms with Crippen LogP contribution in [-0.2, 0) is 9.59 Å². The van der Waals surface area contributed by atoms with E-state index >= 15 is 0 Å². The Labute approximate surface area is 145 Å². The third-order valence-electron chi connectivity index (χ3n) is 3.22. The summed E-state index contributed by atoms with van der Waals surface area (Å²) in [4.78, 5) is 24.4. The molecule has 0 spiro atoms. The van der Waals surface area contributed by atoms with Gasteiger partial charge in [0.2, 0.25) is 5.91 Å². The molecule has 0 saturated carbocycles. The zero-order valence-corrected chi connectivity index (χ0v) is 14.2. The Morgan fingerprint density at radius 3 is 2.22 bits per heavy atom. The lowest BCUT2D eigenvalue weighted by Gasteiger charge is -2.23. The third-order valence-corrected chi connectivity index (χ3v) is 3.56. The first-order chi connectivity index (χ1) is 11.0. The number of halogens is 2. The van der Waals surface area contributed by atoms with E-state index < -0.39 is 12.0 Å². The second-order valence-electron chi connectivity index (χ2n) is 4.94. The normalized spacial score (nSPS) is 11.8. The van der Waals surface area contributed by atoms with Crippen molar-refractivity contribution in [1.29, 1.82) is 0 Å². The molecule has 0 saturated heterocycles. The minimum atomic E-state index is -1.11. The largest absolute Gasteiger partial charge is 0.480 e. The second kappa shape index (κ2) is 10.3. The van der Waals surface area contributed by atoms with E-state index in [9.17, 15) is 9.59 Å². The summed E-state index contributed by atoms with van der Waals surface area (Å²) in [7, 11) is 0. The van der Waals surface area contributed by atoms with Crippen molar-refractivity contribution in [3.05, 3.63) is 24.3 Å². The van der Waals surface area contributed by atoms with E-state index in [0.717, 1.165) is 5.69 Å². The Kier molecular flexibility index (Phi) is 8.76. The second-order valence-corrected chi connectivity index (χ2v) is 5.70. The molecule has 0 radical (unpaired) electrons. The number of rotatable bonds is 10. The van der Waals surface area contributed by atoms with E-state index in [-0.39, 0.29) is 18.7 Å². The summed E-state index contributed by atoms with van der Waals surface area (Å²) < 4.78 is 0. The van der Waals surface area contributed by atoms with Crippen LogP contribution in [0.15, 0.2) is 24.3 Å². The molecular formula is C15H21Cl2N3O3. The number of carboxylic acid groups (broad SMARTS) is 1. The lowest BCUT2D eigenvalue weighted by atomic mass is 10.1. The predicted octanol–water partition coefficient (Wildman–Crippen LogP) is 2.10. The third kappa shape index (κ3) is 7.07. The molecule has 0 aliphatic heterocycles. The molecule has 1 unspecified atom stereocenters. The van der Waals surface area contributed by atoms with E-state index in [2.05, 4.69) is 10.2 Å². The van der Waals surface area contributed by atoms with Crippen LogP contribution in [0.4, 0.5) is 11.4 Å². The minimum Gasteiger partial charge on any atom is -0.480 e. The van der Waals surface area contributed by atoms with Crippen molar-refractivity contribution in [2.24, 2.45) is 5.73 Å². The number of aliphatic carboxylic acids is 1. The van der Waals surface area contributed by atoms with Gasteiger partial charge in [0.15, 0.2) is 0 Å². The van der Waals surface area contributed by atoms with Crippen molar-refractivity contribution in [2.75, 3.05) is 35.1 Å². The molecule has 8 heteroatoms. The highest BCUT2D eigenvalue weighted by Gasteiger charge is 2.13. The Balaban J connectivity index is 2.55. The number of carboxylic acids is 1. The molecule has 1 rings (SSSR count). The van der Waals surface area contributed by atoms with E-state index in [4.69, 9.17) is 34.0 Å². The quantitative estimate of drug-likeness (QED) is 0.554. The van der Waals surface area contributed by atoms with Gasteiger partial charge in [-0.05, 0) is 30.7 Å². The summed E-state index contributed by atoms with van der Waals surface area (Å²) in [6.45, 7) is 1.38. The number of carbonyl (C=O) groups excluding carboxylic acids is 1. The molecule has 1 atom stereocenters. The van der Waals surface area contributed by atoms with Crippen LogP contribution in [0, 0.1) is 0 Å². The number of benzene rings is 1. The lowest BCUT2D eigenvalue weighted by molar-refractivity contribution is -0.138. The fourth-order valence-corrected chi connectivity index (χ4v) is 2.37. The Hall–Kier alpha value is -1.50. The van der Waals surface area contributed by atoms with E-state index in [0.29, 0.717) is 30.5 Å². The van der Waals surface area contributed by atoms with Gasteiger partial charge in [-0.15, -0.1) is 23.2 Å². The van der Waals surface area contributed by atoms with Crippen molar-refractivity contribution in [1.82, 2.24) is 0 Å². The van der Waals surface area contributed by atoms with E-state index in [1.807, 2.05) is 12.1 Å². The first-order valence-electron chi connectivity index (χ1n) is 7.23. The van der Waals surface area contributed by atoms with Gasteiger partial charge < -0.3 is 21.1 Å². The van der Waals surface area contributed by atoms with Crippen LogP contribution in [0.5, 0.6) is 0 Å². The van der Waals surface area contributed by atoms with Crippen LogP contribution in [0.25, 0.3) is 0 Å². The van der Waals surface area contributed by atoms with Gasteiger partial charge in [-0.1, -0.05) is 0 Å². The average Bonchev–Trinajstić information content (AvgIpc) is 2.53. The summed E-state index contributed by atoms with van der Waals surface area (Å²) in [6.07, 6.45) is 0.151. The fourth-order valence-electron chi connectivity index (χ4n) is 1.96. The molecule has 128 valence electrons. The first kappa shape index (κ1) is 19.5. The molecule has 1 aromatic rings. The highest BCUT2D eigenvalue weighted by molar-refractivity contribution is 6.18. The zero-order chi connectivity index (χ0) is 17.2. The number of hydrogen-bond donors (Lipinski definition) is 3. The maximum atomic E-state index is 11.8. The predicted molar refractivity (Wildman–Crippen MR) is 93.6 cm³/mol. The van der Waals surface area contributed by atoms with E-state index in [1.165, 1.54) is 0 Å². The number of alkyl halides is 2. The molecule has 0 fully saturated rings. The SMILES string of the molecule is NC(CCC(=O)Nc1ccc(N(CCCl)CCCl)cc1)C(=O)O. The molecule has 23 heavy (non-hydrogen) atoms. The summed E-state index contributed by atoms with van der Waals surface area (Å²) in [5, 5.41) is 11.4. The average molecular weight is 362 g/mol. The van der Waals surface area contributed by atoms with Crippen LogP contribution >= 0.6 is 23.2 Å². The van der Waals surface area contributed by atoms with Gasteiger partial charge in [-0.25, -0.2) is 0 Å². The molecule has 4 N–H and O–H groups in total. The molecule has 0 aliphatic carbocycles. The van der Waals surface area contributed by atoms with Gasteiger partial charge in [-0.2, -0.15) is 0 Å². The summed E-state index contributed by atoms with van der Waals surface area (Å²) in [6, 6.07) is 6.28. The molecule has 0 heterocycles. The number of nitrogens with zero attached hydrogens (tertiary/aromatic N) is 1. The van der Waals surface area contributed by atoms with Gasteiger partial charge in [0.1, 0.15) is 6.04 Å². The topological polar surface area (TPSA) is 95.7 Å². The number of amides is 1. The maximum Gasteiger partial charge on any atom is 0.320 e. The van der Waals surface area contributed by atoms with Crippen LogP contribution in [0.1, 0.15) is 12.8 Å². The van der Waals surface area contributed by atoms with Gasteiger partial charge in [-0.3, -0.25) is 9.59 Å². The minimum absolute atomic E-state index is 0.0554. The monoisotopic (exact) mass is 361 g/mol. The van der Waals surface area contributed by atoms with Crippen molar-refractivity contribution in [3.8, 4) is 0 Å². The van der Waals surface area contributed by atoms with Crippen LogP contribution < -0.4 is 16.0 Å². The number of nitrogens with one attached hydrogen (secondary N) is 1. The number of hydrogen-bond acceptors (Lipinski definition) is 4. The van der Waals surface area contributed by atoms with Crippen molar-refractivity contribution in [2.45, 2.75) is 18.9 Å². The standard InChI is InChI=1S/C15H21Cl2N3O3/c16-7-9-20(10-8-17)12-3-1-11(2-4-12)19-14(21)6-5-13(18)15(22)23/h1-4,13H,5-10,18H2,(H,19,21)(H,22,23). The van der Waals surface area contributed by atoms with Gasteiger partial charge in [0.25, 0.3) is 0 Å². The van der Waals surface area contributed by atoms with Crippen molar-refractivity contribution >= 4 is 46.5 Å². The number of nitrogens with two attached hydrogens (primary N) is 1. The van der Waals surface area contributed by atoms with Gasteiger partial charge in [0.05, 0.1) is 0 Å². The van der Waals surface area contributed by atoms with Crippen LogP contribution in [0.2, 0.25) is 0 Å². The summed E-state index contributed by atoms with van der Waals surface area (Å²) >= 11 is 11.5.